The van der Waals surface area contributed by atoms with Crippen LogP contribution in [0.5, 0.6) is 0 Å². The second kappa shape index (κ2) is 6.10. The molecule has 1 aliphatic heterocycles. The largest absolute Gasteiger partial charge is 0.396 e. The van der Waals surface area contributed by atoms with Crippen LogP contribution in [0.15, 0.2) is 23.6 Å². The van der Waals surface area contributed by atoms with Crippen LogP contribution in [-0.2, 0) is 0 Å². The molecule has 0 radical (unpaired) electrons. The third-order valence-corrected chi connectivity index (χ3v) is 4.61. The van der Waals surface area contributed by atoms with Gasteiger partial charge in [0.2, 0.25) is 0 Å². The van der Waals surface area contributed by atoms with E-state index in [0.29, 0.717) is 29.4 Å². The monoisotopic (exact) mass is 324 g/mol. The van der Waals surface area contributed by atoms with E-state index in [1.807, 2.05) is 0 Å². The van der Waals surface area contributed by atoms with Gasteiger partial charge < -0.3 is 10.0 Å². The van der Waals surface area contributed by atoms with Gasteiger partial charge in [0.05, 0.1) is 0 Å². The molecule has 2 aromatic rings. The van der Waals surface area contributed by atoms with E-state index in [1.54, 1.807) is 10.3 Å². The molecular weight excluding hydrogens is 310 g/mol. The van der Waals surface area contributed by atoms with Gasteiger partial charge in [0.1, 0.15) is 10.7 Å². The first-order valence-electron chi connectivity index (χ1n) is 6.89. The molecule has 1 aromatic carbocycles. The number of benzene rings is 1. The molecule has 0 spiro atoms. The van der Waals surface area contributed by atoms with E-state index in [-0.39, 0.29) is 18.4 Å². The Morgan fingerprint density at radius 1 is 1.41 bits per heavy atom. The summed E-state index contributed by atoms with van der Waals surface area (Å²) in [4.78, 5) is 18.2. The number of aliphatic hydroxyl groups is 1. The number of halogens is 2. The van der Waals surface area contributed by atoms with Gasteiger partial charge in [-0.2, -0.15) is 0 Å². The average Bonchev–Trinajstić information content (AvgIpc) is 3.18. The van der Waals surface area contributed by atoms with Crippen molar-refractivity contribution in [3.05, 3.63) is 40.9 Å². The second-order valence-electron chi connectivity index (χ2n) is 5.26. The SMILES string of the molecule is O=C(c1csc(-c2ccc(F)c(F)c2)n1)N1CCC(CO)C1. The van der Waals surface area contributed by atoms with Gasteiger partial charge in [-0.3, -0.25) is 4.79 Å². The molecule has 1 fully saturated rings. The number of carbonyl (C=O) groups is 1. The maximum Gasteiger partial charge on any atom is 0.273 e. The number of thiazole rings is 1. The lowest BCUT2D eigenvalue weighted by atomic mass is 10.1. The van der Waals surface area contributed by atoms with Crippen molar-refractivity contribution in [1.82, 2.24) is 9.88 Å². The van der Waals surface area contributed by atoms with Gasteiger partial charge in [0.15, 0.2) is 11.6 Å². The van der Waals surface area contributed by atoms with Gasteiger partial charge in [-0.1, -0.05) is 0 Å². The Morgan fingerprint density at radius 2 is 2.23 bits per heavy atom. The fraction of sp³-hybridized carbons (Fsp3) is 0.333. The molecule has 1 unspecified atom stereocenters. The summed E-state index contributed by atoms with van der Waals surface area (Å²) in [5, 5.41) is 11.2. The first kappa shape index (κ1) is 15.1. The van der Waals surface area contributed by atoms with E-state index in [0.717, 1.165) is 18.6 Å². The van der Waals surface area contributed by atoms with Gasteiger partial charge in [-0.05, 0) is 24.6 Å². The molecule has 116 valence electrons. The van der Waals surface area contributed by atoms with E-state index >= 15 is 0 Å². The molecule has 1 aliphatic rings. The van der Waals surface area contributed by atoms with Crippen LogP contribution in [0.25, 0.3) is 10.6 Å². The van der Waals surface area contributed by atoms with E-state index in [2.05, 4.69) is 4.98 Å². The minimum Gasteiger partial charge on any atom is -0.396 e. The first-order chi connectivity index (χ1) is 10.6. The highest BCUT2D eigenvalue weighted by Gasteiger charge is 2.27. The molecule has 1 amide bonds. The molecule has 1 saturated heterocycles. The Kier molecular flexibility index (Phi) is 4.17. The maximum atomic E-state index is 13.3. The third kappa shape index (κ3) is 2.86. The van der Waals surface area contributed by atoms with Crippen LogP contribution in [0.1, 0.15) is 16.9 Å². The summed E-state index contributed by atoms with van der Waals surface area (Å²) < 4.78 is 26.2. The highest BCUT2D eigenvalue weighted by molar-refractivity contribution is 7.13. The average molecular weight is 324 g/mol. The number of likely N-dealkylation sites (tertiary alicyclic amines) is 1. The number of amides is 1. The van der Waals surface area contributed by atoms with Crippen LogP contribution >= 0.6 is 11.3 Å². The lowest BCUT2D eigenvalue weighted by molar-refractivity contribution is 0.0777. The highest BCUT2D eigenvalue weighted by Crippen LogP contribution is 2.26. The lowest BCUT2D eigenvalue weighted by Gasteiger charge is -2.14. The number of rotatable bonds is 3. The molecule has 1 aromatic heterocycles. The van der Waals surface area contributed by atoms with Crippen molar-refractivity contribution in [2.75, 3.05) is 19.7 Å². The molecule has 0 aliphatic carbocycles. The Morgan fingerprint density at radius 3 is 2.91 bits per heavy atom. The van der Waals surface area contributed by atoms with Crippen molar-refractivity contribution in [3.63, 3.8) is 0 Å². The minimum atomic E-state index is -0.939. The standard InChI is InChI=1S/C15H14F2N2O2S/c16-11-2-1-10(5-12(11)17)14-18-13(8-22-14)15(21)19-4-3-9(6-19)7-20/h1-2,5,8-9,20H,3-4,6-7H2. The molecule has 0 bridgehead atoms. The highest BCUT2D eigenvalue weighted by atomic mass is 32.1. The quantitative estimate of drug-likeness (QED) is 0.944. The summed E-state index contributed by atoms with van der Waals surface area (Å²) in [6.45, 7) is 1.19. The normalized spacial score (nSPS) is 18.0. The van der Waals surface area contributed by atoms with Crippen molar-refractivity contribution < 1.29 is 18.7 Å². The fourth-order valence-electron chi connectivity index (χ4n) is 2.46. The predicted octanol–water partition coefficient (Wildman–Crippen LogP) is 2.54. The third-order valence-electron chi connectivity index (χ3n) is 3.72. The van der Waals surface area contributed by atoms with Crippen LogP contribution in [0.3, 0.4) is 0 Å². The molecule has 4 nitrogen and oxygen atoms in total. The summed E-state index contributed by atoms with van der Waals surface area (Å²) in [7, 11) is 0. The molecule has 22 heavy (non-hydrogen) atoms. The summed E-state index contributed by atoms with van der Waals surface area (Å²) in [5.74, 6) is -1.93. The molecule has 0 saturated carbocycles. The predicted molar refractivity (Wildman–Crippen MR) is 78.6 cm³/mol. The molecular formula is C15H14F2N2O2S. The summed E-state index contributed by atoms with van der Waals surface area (Å²) in [6, 6.07) is 3.54. The van der Waals surface area contributed by atoms with Crippen LogP contribution in [0.4, 0.5) is 8.78 Å². The number of hydrogen-bond acceptors (Lipinski definition) is 4. The van der Waals surface area contributed by atoms with E-state index in [1.165, 1.54) is 17.4 Å². The molecule has 7 heteroatoms. The lowest BCUT2D eigenvalue weighted by Crippen LogP contribution is -2.29. The first-order valence-corrected chi connectivity index (χ1v) is 7.77. The minimum absolute atomic E-state index is 0.0704. The van der Waals surface area contributed by atoms with Gasteiger partial charge in [0, 0.05) is 36.6 Å². The van der Waals surface area contributed by atoms with Crippen LogP contribution in [0, 0.1) is 17.6 Å². The summed E-state index contributed by atoms with van der Waals surface area (Å²) in [6.07, 6.45) is 0.780. The Hall–Kier alpha value is -1.86. The zero-order valence-electron chi connectivity index (χ0n) is 11.6. The van der Waals surface area contributed by atoms with Gasteiger partial charge >= 0.3 is 0 Å². The van der Waals surface area contributed by atoms with Gasteiger partial charge in [0.25, 0.3) is 5.91 Å². The zero-order chi connectivity index (χ0) is 15.7. The smallest absolute Gasteiger partial charge is 0.273 e. The van der Waals surface area contributed by atoms with E-state index < -0.39 is 11.6 Å². The topological polar surface area (TPSA) is 53.4 Å². The number of nitrogens with zero attached hydrogens (tertiary/aromatic N) is 2. The number of hydrogen-bond donors (Lipinski definition) is 1. The van der Waals surface area contributed by atoms with Crippen molar-refractivity contribution in [1.29, 1.82) is 0 Å². The fourth-order valence-corrected chi connectivity index (χ4v) is 3.25. The van der Waals surface area contributed by atoms with E-state index in [9.17, 15) is 13.6 Å². The second-order valence-corrected chi connectivity index (χ2v) is 6.11. The van der Waals surface area contributed by atoms with Gasteiger partial charge in [-0.15, -0.1) is 11.3 Å². The Labute approximate surface area is 130 Å². The Balaban J connectivity index is 1.78. The van der Waals surface area contributed by atoms with Crippen molar-refractivity contribution in [2.45, 2.75) is 6.42 Å². The number of aliphatic hydroxyl groups excluding tert-OH is 1. The number of carbonyl (C=O) groups excluding carboxylic acids is 1. The molecule has 2 heterocycles. The summed E-state index contributed by atoms with van der Waals surface area (Å²) >= 11 is 1.21. The molecule has 1 atom stereocenters. The molecule has 1 N–H and O–H groups in total. The van der Waals surface area contributed by atoms with Gasteiger partial charge in [-0.25, -0.2) is 13.8 Å². The summed E-state index contributed by atoms with van der Waals surface area (Å²) in [5.41, 5.74) is 0.737. The van der Waals surface area contributed by atoms with Crippen molar-refractivity contribution >= 4 is 17.2 Å². The van der Waals surface area contributed by atoms with Crippen molar-refractivity contribution in [3.8, 4) is 10.6 Å². The van der Waals surface area contributed by atoms with E-state index in [4.69, 9.17) is 5.11 Å². The van der Waals surface area contributed by atoms with Crippen molar-refractivity contribution in [2.24, 2.45) is 5.92 Å². The zero-order valence-corrected chi connectivity index (χ0v) is 12.4. The number of aromatic nitrogens is 1. The Bertz CT molecular complexity index is 705. The van der Waals surface area contributed by atoms with Crippen LogP contribution in [-0.4, -0.2) is 40.6 Å². The van der Waals surface area contributed by atoms with Crippen LogP contribution in [0.2, 0.25) is 0 Å². The van der Waals surface area contributed by atoms with Crippen LogP contribution < -0.4 is 0 Å². The maximum absolute atomic E-state index is 13.3. The molecule has 3 rings (SSSR count).